The Morgan fingerprint density at radius 3 is 2.91 bits per heavy atom. The standard InChI is InChI=1S/C7H4N4/c8-4-7(5-9)11-3-1-2-10-6-11/h1-3,6H. The fraction of sp³-hybridized carbons (Fsp3) is 0. The molecule has 0 unspecified atom stereocenters. The predicted molar refractivity (Wildman–Crippen MR) is 38.1 cm³/mol. The maximum atomic E-state index is 8.42. The Kier molecular flexibility index (Phi) is 2.11. The van der Waals surface area contributed by atoms with E-state index in [1.165, 1.54) is 10.9 Å². The van der Waals surface area contributed by atoms with Gasteiger partial charge in [-0.3, -0.25) is 0 Å². The van der Waals surface area contributed by atoms with Gasteiger partial charge in [-0.05, 0) is 0 Å². The van der Waals surface area contributed by atoms with Crippen molar-refractivity contribution in [3.63, 3.8) is 0 Å². The summed E-state index contributed by atoms with van der Waals surface area (Å²) < 4.78 is 1.36. The minimum Gasteiger partial charge on any atom is -0.759 e. The summed E-state index contributed by atoms with van der Waals surface area (Å²) in [7, 11) is 0. The Morgan fingerprint density at radius 1 is 1.64 bits per heavy atom. The van der Waals surface area contributed by atoms with Gasteiger partial charge in [0.15, 0.2) is 6.07 Å². The topological polar surface area (TPSA) is 62.9 Å². The highest BCUT2D eigenvalue weighted by Crippen LogP contribution is 1.81. The molecular formula is C7H4N4. The molecule has 0 aliphatic rings. The van der Waals surface area contributed by atoms with E-state index in [0.29, 0.717) is 0 Å². The van der Waals surface area contributed by atoms with Crippen molar-refractivity contribution in [3.05, 3.63) is 30.2 Å². The van der Waals surface area contributed by atoms with Crippen LogP contribution >= 0.6 is 0 Å². The molecule has 0 atom stereocenters. The van der Waals surface area contributed by atoms with E-state index in [-0.39, 0.29) is 5.70 Å². The molecule has 4 nitrogen and oxygen atoms in total. The number of allylic oxidation sites excluding steroid dienone is 1. The van der Waals surface area contributed by atoms with Crippen LogP contribution < -0.4 is 4.57 Å². The van der Waals surface area contributed by atoms with E-state index in [0.717, 1.165) is 0 Å². The van der Waals surface area contributed by atoms with Crippen molar-refractivity contribution in [2.24, 2.45) is 0 Å². The molecule has 0 fully saturated rings. The number of rotatable bonds is 1. The van der Waals surface area contributed by atoms with Crippen LogP contribution in [0.5, 0.6) is 0 Å². The van der Waals surface area contributed by atoms with E-state index >= 15 is 0 Å². The van der Waals surface area contributed by atoms with Crippen molar-refractivity contribution >= 4 is 11.6 Å². The number of nitriles is 1. The molecule has 0 aliphatic heterocycles. The third kappa shape index (κ3) is 1.48. The molecular weight excluding hydrogens is 140 g/mol. The van der Waals surface area contributed by atoms with Crippen LogP contribution in [0.15, 0.2) is 24.8 Å². The van der Waals surface area contributed by atoms with Crippen LogP contribution in [0.4, 0.5) is 0 Å². The lowest BCUT2D eigenvalue weighted by Crippen LogP contribution is -2.31. The summed E-state index contributed by atoms with van der Waals surface area (Å²) in [4.78, 5) is 3.74. The molecule has 52 valence electrons. The van der Waals surface area contributed by atoms with E-state index in [4.69, 9.17) is 10.7 Å². The zero-order valence-electron chi connectivity index (χ0n) is 5.60. The number of aromatic nitrogens is 2. The smallest absolute Gasteiger partial charge is 0.292 e. The van der Waals surface area contributed by atoms with Crippen molar-refractivity contribution in [2.75, 3.05) is 0 Å². The summed E-state index contributed by atoms with van der Waals surface area (Å²) in [5.74, 6) is 1.75. The molecule has 0 saturated heterocycles. The minimum absolute atomic E-state index is 0.0121. The zero-order chi connectivity index (χ0) is 8.10. The second-order valence-electron chi connectivity index (χ2n) is 1.73. The summed E-state index contributed by atoms with van der Waals surface area (Å²) in [6, 6.07) is 3.39. The fourth-order valence-electron chi connectivity index (χ4n) is 0.602. The molecule has 1 aromatic heterocycles. The molecule has 0 aromatic carbocycles. The Bertz CT molecular complexity index is 329. The second-order valence-corrected chi connectivity index (χ2v) is 1.73. The first-order valence-corrected chi connectivity index (χ1v) is 2.87. The average Bonchev–Trinajstić information content (AvgIpc) is 2.09. The number of hydrogen-bond donors (Lipinski definition) is 0. The Labute approximate surface area is 63.6 Å². The summed E-state index contributed by atoms with van der Waals surface area (Å²) in [6.45, 7) is 0. The Morgan fingerprint density at radius 2 is 2.45 bits per heavy atom. The van der Waals surface area contributed by atoms with Crippen LogP contribution in [0, 0.1) is 11.3 Å². The van der Waals surface area contributed by atoms with E-state index in [2.05, 4.69) is 4.98 Å². The molecule has 11 heavy (non-hydrogen) atoms. The molecule has 4 heteroatoms. The van der Waals surface area contributed by atoms with Gasteiger partial charge in [-0.15, -0.1) is 0 Å². The molecule has 0 radical (unpaired) electrons. The highest BCUT2D eigenvalue weighted by molar-refractivity contribution is 5.84. The van der Waals surface area contributed by atoms with Crippen molar-refractivity contribution in [1.29, 1.82) is 5.26 Å². The molecule has 0 saturated carbocycles. The third-order valence-corrected chi connectivity index (χ3v) is 1.08. The molecule has 0 N–H and O–H groups in total. The van der Waals surface area contributed by atoms with Crippen LogP contribution in [0.25, 0.3) is 11.1 Å². The number of nitrogens with zero attached hydrogens (tertiary/aromatic N) is 4. The maximum Gasteiger partial charge on any atom is 0.292 e. The highest BCUT2D eigenvalue weighted by atomic mass is 15.0. The molecule has 1 aromatic rings. The molecule has 1 rings (SSSR count). The van der Waals surface area contributed by atoms with Gasteiger partial charge in [0, 0.05) is 6.07 Å². The summed E-state index contributed by atoms with van der Waals surface area (Å²) in [5, 5.41) is 16.8. The van der Waals surface area contributed by atoms with E-state index in [9.17, 15) is 0 Å². The van der Waals surface area contributed by atoms with Crippen LogP contribution in [-0.2, 0) is 0 Å². The van der Waals surface area contributed by atoms with E-state index in [1.807, 2.05) is 0 Å². The Hall–Kier alpha value is -1.98. The summed E-state index contributed by atoms with van der Waals surface area (Å²) in [5.41, 5.74) is 0.0121. The predicted octanol–water partition coefficient (Wildman–Crippen LogP) is -0.0273. The van der Waals surface area contributed by atoms with Crippen LogP contribution in [0.1, 0.15) is 0 Å². The fourth-order valence-corrected chi connectivity index (χ4v) is 0.602. The minimum atomic E-state index is 0.0121. The first kappa shape index (κ1) is 7.13. The molecule has 0 aliphatic carbocycles. The van der Waals surface area contributed by atoms with Crippen LogP contribution in [-0.4, -0.2) is 10.9 Å². The normalized spacial score (nSPS) is 7.91. The first-order valence-electron chi connectivity index (χ1n) is 2.87. The highest BCUT2D eigenvalue weighted by Gasteiger charge is 1.99. The average molecular weight is 144 g/mol. The van der Waals surface area contributed by atoms with E-state index < -0.39 is 0 Å². The zero-order valence-corrected chi connectivity index (χ0v) is 5.60. The summed E-state index contributed by atoms with van der Waals surface area (Å²) in [6.07, 6.45) is 4.57. The van der Waals surface area contributed by atoms with Gasteiger partial charge in [-0.25, -0.2) is 5.87 Å². The van der Waals surface area contributed by atoms with Gasteiger partial charge in [0.2, 0.25) is 5.70 Å². The number of hydrogen-bond acceptors (Lipinski definition) is 2. The van der Waals surface area contributed by atoms with Gasteiger partial charge in [0.1, 0.15) is 12.4 Å². The van der Waals surface area contributed by atoms with Gasteiger partial charge >= 0.3 is 0 Å². The third-order valence-electron chi connectivity index (χ3n) is 1.08. The molecule has 0 bridgehead atoms. The van der Waals surface area contributed by atoms with Gasteiger partial charge < -0.3 is 5.41 Å². The quantitative estimate of drug-likeness (QED) is 0.315. The van der Waals surface area contributed by atoms with E-state index in [1.54, 1.807) is 30.4 Å². The largest absolute Gasteiger partial charge is 0.759 e. The Balaban J connectivity index is 3.15. The SMILES string of the molecule is N#CC(=C=[N-])[n+]1cccnc1. The lowest BCUT2D eigenvalue weighted by atomic mass is 10.5. The first-order chi connectivity index (χ1) is 5.38. The second kappa shape index (κ2) is 3.25. The van der Waals surface area contributed by atoms with Crippen molar-refractivity contribution < 1.29 is 4.57 Å². The molecule has 0 spiro atoms. The summed E-state index contributed by atoms with van der Waals surface area (Å²) >= 11 is 0. The van der Waals surface area contributed by atoms with Crippen molar-refractivity contribution in [3.8, 4) is 6.07 Å². The van der Waals surface area contributed by atoms with Crippen LogP contribution in [0.2, 0.25) is 0 Å². The van der Waals surface area contributed by atoms with Crippen LogP contribution in [0.3, 0.4) is 0 Å². The lowest BCUT2D eigenvalue weighted by molar-refractivity contribution is -0.579. The van der Waals surface area contributed by atoms with Gasteiger partial charge in [-0.2, -0.15) is 9.83 Å². The maximum absolute atomic E-state index is 8.42. The molecule has 0 amide bonds. The molecule has 1 heterocycles. The van der Waals surface area contributed by atoms with Gasteiger partial charge in [-0.1, -0.05) is 4.98 Å². The van der Waals surface area contributed by atoms with Crippen molar-refractivity contribution in [1.82, 2.24) is 4.98 Å². The van der Waals surface area contributed by atoms with Gasteiger partial charge in [0.05, 0.1) is 0 Å². The van der Waals surface area contributed by atoms with Crippen molar-refractivity contribution in [2.45, 2.75) is 0 Å². The van der Waals surface area contributed by atoms with Gasteiger partial charge in [0.25, 0.3) is 6.33 Å². The monoisotopic (exact) mass is 144 g/mol. The lowest BCUT2D eigenvalue weighted by Gasteiger charge is -1.89.